The van der Waals surface area contributed by atoms with Gasteiger partial charge in [0.1, 0.15) is 10.3 Å². The van der Waals surface area contributed by atoms with Crippen LogP contribution in [-0.2, 0) is 14.8 Å². The molecule has 29 heavy (non-hydrogen) atoms. The zero-order valence-electron chi connectivity index (χ0n) is 15.7. The van der Waals surface area contributed by atoms with Gasteiger partial charge in [0.05, 0.1) is 0 Å². The third-order valence-electron chi connectivity index (χ3n) is 4.73. The highest BCUT2D eigenvalue weighted by molar-refractivity contribution is 7.91. The van der Waals surface area contributed by atoms with E-state index in [0.29, 0.717) is 19.4 Å². The lowest BCUT2D eigenvalue weighted by atomic mass is 10.0. The zero-order chi connectivity index (χ0) is 20.4. The molecule has 0 bridgehead atoms. The Balaban J connectivity index is 1.53. The third-order valence-corrected chi connectivity index (χ3v) is 8.02. The summed E-state index contributed by atoms with van der Waals surface area (Å²) in [7, 11) is -3.72. The normalized spacial score (nSPS) is 17.9. The van der Waals surface area contributed by atoms with Crippen LogP contribution in [0.25, 0.3) is 11.5 Å². The average molecular weight is 433 g/mol. The summed E-state index contributed by atoms with van der Waals surface area (Å²) in [5.41, 5.74) is 1.79. The number of carbonyl (C=O) groups excluding carboxylic acids is 1. The van der Waals surface area contributed by atoms with Crippen LogP contribution in [-0.4, -0.2) is 41.4 Å². The van der Waals surface area contributed by atoms with Gasteiger partial charge in [-0.25, -0.2) is 8.42 Å². The van der Waals surface area contributed by atoms with Gasteiger partial charge in [0, 0.05) is 12.1 Å². The predicted octanol–water partition coefficient (Wildman–Crippen LogP) is 3.29. The number of aryl methyl sites for hydroxylation is 1. The fourth-order valence-electron chi connectivity index (χ4n) is 3.34. The van der Waals surface area contributed by atoms with Gasteiger partial charge in [-0.1, -0.05) is 35.3 Å². The number of nitrogens with zero attached hydrogens (tertiary/aromatic N) is 3. The molecule has 1 fully saturated rings. The van der Waals surface area contributed by atoms with Crippen molar-refractivity contribution in [2.45, 2.75) is 36.4 Å². The highest BCUT2D eigenvalue weighted by Gasteiger charge is 2.38. The number of carbonyl (C=O) groups is 1. The van der Waals surface area contributed by atoms with Crippen LogP contribution in [0, 0.1) is 6.92 Å². The van der Waals surface area contributed by atoms with Crippen LogP contribution < -0.4 is 5.32 Å². The first-order chi connectivity index (χ1) is 13.9. The standard InChI is InChI=1S/C19H20N4O4S2/c1-13-6-4-7-14(12-13)18-21-22-19(27-18)20-17(24)15-8-2-3-10-23(15)29(25,26)16-9-5-11-28-16/h4-7,9,11-12,15H,2-3,8,10H2,1H3,(H,20,22,24). The summed E-state index contributed by atoms with van der Waals surface area (Å²) >= 11 is 1.14. The van der Waals surface area contributed by atoms with Gasteiger partial charge in [-0.2, -0.15) is 4.31 Å². The lowest BCUT2D eigenvalue weighted by Crippen LogP contribution is -2.49. The van der Waals surface area contributed by atoms with Crippen molar-refractivity contribution in [2.75, 3.05) is 11.9 Å². The molecular formula is C19H20N4O4S2. The summed E-state index contributed by atoms with van der Waals surface area (Å²) in [6, 6.07) is 9.93. The molecular weight excluding hydrogens is 412 g/mol. The van der Waals surface area contributed by atoms with Crippen molar-refractivity contribution >= 4 is 33.3 Å². The van der Waals surface area contributed by atoms with Gasteiger partial charge in [0.2, 0.25) is 11.8 Å². The summed E-state index contributed by atoms with van der Waals surface area (Å²) in [4.78, 5) is 12.9. The van der Waals surface area contributed by atoms with Crippen molar-refractivity contribution in [1.29, 1.82) is 0 Å². The maximum Gasteiger partial charge on any atom is 0.322 e. The van der Waals surface area contributed by atoms with E-state index in [1.165, 1.54) is 4.31 Å². The van der Waals surface area contributed by atoms with Crippen molar-refractivity contribution in [1.82, 2.24) is 14.5 Å². The van der Waals surface area contributed by atoms with Gasteiger partial charge in [-0.15, -0.1) is 16.4 Å². The van der Waals surface area contributed by atoms with E-state index in [1.807, 2.05) is 31.2 Å². The molecule has 1 saturated heterocycles. The molecule has 0 saturated carbocycles. The van der Waals surface area contributed by atoms with Crippen LogP contribution in [0.3, 0.4) is 0 Å². The van der Waals surface area contributed by atoms with Gasteiger partial charge < -0.3 is 4.42 Å². The van der Waals surface area contributed by atoms with Gasteiger partial charge >= 0.3 is 6.01 Å². The summed E-state index contributed by atoms with van der Waals surface area (Å²) in [5, 5.41) is 12.1. The molecule has 1 atom stereocenters. The van der Waals surface area contributed by atoms with Crippen LogP contribution in [0.2, 0.25) is 0 Å². The number of sulfonamides is 1. The number of anilines is 1. The molecule has 1 aliphatic rings. The first-order valence-corrected chi connectivity index (χ1v) is 11.5. The van der Waals surface area contributed by atoms with E-state index in [-0.39, 0.29) is 16.1 Å². The van der Waals surface area contributed by atoms with Gasteiger partial charge in [-0.3, -0.25) is 10.1 Å². The minimum Gasteiger partial charge on any atom is -0.403 e. The number of benzene rings is 1. The SMILES string of the molecule is Cc1cccc(-c2nnc(NC(=O)C3CCCCN3S(=O)(=O)c3cccs3)o2)c1. The maximum atomic E-state index is 12.9. The minimum atomic E-state index is -3.72. The zero-order valence-corrected chi connectivity index (χ0v) is 17.4. The second-order valence-electron chi connectivity index (χ2n) is 6.83. The number of piperidine rings is 1. The third kappa shape index (κ3) is 4.09. The fraction of sp³-hybridized carbons (Fsp3) is 0.316. The number of hydrogen-bond acceptors (Lipinski definition) is 7. The Morgan fingerprint density at radius 3 is 2.86 bits per heavy atom. The molecule has 152 valence electrons. The predicted molar refractivity (Wildman–Crippen MR) is 109 cm³/mol. The molecule has 10 heteroatoms. The Kier molecular flexibility index (Phi) is 5.48. The van der Waals surface area contributed by atoms with E-state index >= 15 is 0 Å². The number of nitrogens with one attached hydrogen (secondary N) is 1. The minimum absolute atomic E-state index is 0.0504. The number of thiophene rings is 1. The summed E-state index contributed by atoms with van der Waals surface area (Å²) < 4.78 is 32.9. The molecule has 1 N–H and O–H groups in total. The van der Waals surface area contributed by atoms with Gasteiger partial charge in [0.15, 0.2) is 0 Å². The fourth-order valence-corrected chi connectivity index (χ4v) is 6.11. The Morgan fingerprint density at radius 1 is 1.24 bits per heavy atom. The Labute approximate surface area is 172 Å². The second-order valence-corrected chi connectivity index (χ2v) is 9.90. The van der Waals surface area contributed by atoms with Gasteiger partial charge in [-0.05, 0) is 43.3 Å². The number of aromatic nitrogens is 2. The van der Waals surface area contributed by atoms with Crippen molar-refractivity contribution in [3.8, 4) is 11.5 Å². The smallest absolute Gasteiger partial charge is 0.322 e. The van der Waals surface area contributed by atoms with E-state index in [1.54, 1.807) is 17.5 Å². The molecule has 0 spiro atoms. The maximum absolute atomic E-state index is 12.9. The van der Waals surface area contributed by atoms with E-state index < -0.39 is 22.0 Å². The Morgan fingerprint density at radius 2 is 2.10 bits per heavy atom. The second kappa shape index (κ2) is 8.05. The number of amides is 1. The van der Waals surface area contributed by atoms with Crippen LogP contribution in [0.1, 0.15) is 24.8 Å². The quantitative estimate of drug-likeness (QED) is 0.663. The van der Waals surface area contributed by atoms with Crippen LogP contribution >= 0.6 is 11.3 Å². The van der Waals surface area contributed by atoms with Gasteiger partial charge in [0.25, 0.3) is 10.0 Å². The molecule has 3 heterocycles. The topological polar surface area (TPSA) is 105 Å². The van der Waals surface area contributed by atoms with E-state index in [9.17, 15) is 13.2 Å². The monoisotopic (exact) mass is 432 g/mol. The van der Waals surface area contributed by atoms with E-state index in [4.69, 9.17) is 4.42 Å². The molecule has 4 rings (SSSR count). The molecule has 0 aliphatic carbocycles. The molecule has 1 aliphatic heterocycles. The molecule has 1 unspecified atom stereocenters. The van der Waals surface area contributed by atoms with E-state index in [2.05, 4.69) is 15.5 Å². The van der Waals surface area contributed by atoms with Crippen molar-refractivity contribution < 1.29 is 17.6 Å². The molecule has 2 aromatic heterocycles. The Hall–Kier alpha value is -2.56. The van der Waals surface area contributed by atoms with Crippen molar-refractivity contribution in [2.24, 2.45) is 0 Å². The summed E-state index contributed by atoms with van der Waals surface area (Å²) in [6.45, 7) is 2.25. The average Bonchev–Trinajstić information content (AvgIpc) is 3.40. The highest BCUT2D eigenvalue weighted by Crippen LogP contribution is 2.29. The van der Waals surface area contributed by atoms with Crippen molar-refractivity contribution in [3.63, 3.8) is 0 Å². The molecule has 0 radical (unpaired) electrons. The molecule has 1 amide bonds. The first kappa shape index (κ1) is 19.7. The van der Waals surface area contributed by atoms with Crippen LogP contribution in [0.5, 0.6) is 0 Å². The number of hydrogen-bond donors (Lipinski definition) is 1. The lowest BCUT2D eigenvalue weighted by Gasteiger charge is -2.32. The Bertz CT molecular complexity index is 1110. The largest absolute Gasteiger partial charge is 0.403 e. The number of rotatable bonds is 5. The summed E-state index contributed by atoms with van der Waals surface area (Å²) in [6.07, 6.45) is 1.93. The van der Waals surface area contributed by atoms with Crippen molar-refractivity contribution in [3.05, 3.63) is 47.3 Å². The summed E-state index contributed by atoms with van der Waals surface area (Å²) in [5.74, 6) is -0.181. The van der Waals surface area contributed by atoms with Crippen LogP contribution in [0.15, 0.2) is 50.4 Å². The van der Waals surface area contributed by atoms with Crippen LogP contribution in [0.4, 0.5) is 6.01 Å². The first-order valence-electron chi connectivity index (χ1n) is 9.22. The molecule has 8 nitrogen and oxygen atoms in total. The molecule has 3 aromatic rings. The lowest BCUT2D eigenvalue weighted by molar-refractivity contribution is -0.120. The molecule has 1 aromatic carbocycles. The highest BCUT2D eigenvalue weighted by atomic mass is 32.2. The van der Waals surface area contributed by atoms with E-state index in [0.717, 1.165) is 28.9 Å².